The van der Waals surface area contributed by atoms with Crippen molar-refractivity contribution in [1.29, 1.82) is 0 Å². The number of carbonyl (C=O) groups is 1. The average Bonchev–Trinajstić information content (AvgIpc) is 3.17. The van der Waals surface area contributed by atoms with Crippen LogP contribution in [0.3, 0.4) is 0 Å². The zero-order chi connectivity index (χ0) is 17.9. The lowest BCUT2D eigenvalue weighted by molar-refractivity contribution is -0.138. The van der Waals surface area contributed by atoms with E-state index >= 15 is 0 Å². The first kappa shape index (κ1) is 17.0. The smallest absolute Gasteiger partial charge is 0.222 e. The first-order valence-corrected chi connectivity index (χ1v) is 9.16. The van der Waals surface area contributed by atoms with Crippen LogP contribution in [0.5, 0.6) is 5.75 Å². The molecule has 1 amide bonds. The second-order valence-corrected chi connectivity index (χ2v) is 6.92. The van der Waals surface area contributed by atoms with E-state index in [1.807, 2.05) is 21.7 Å². The summed E-state index contributed by atoms with van der Waals surface area (Å²) in [7, 11) is 1.66. The molecule has 0 aliphatic carbocycles. The summed E-state index contributed by atoms with van der Waals surface area (Å²) >= 11 is 0. The zero-order valence-electron chi connectivity index (χ0n) is 15.0. The van der Waals surface area contributed by atoms with Gasteiger partial charge in [0, 0.05) is 19.5 Å². The van der Waals surface area contributed by atoms with E-state index in [9.17, 15) is 4.79 Å². The molecule has 2 aliphatic rings. The molecule has 1 aromatic heterocycles. The number of methoxy groups -OCH3 is 1. The van der Waals surface area contributed by atoms with Gasteiger partial charge in [-0.1, -0.05) is 17.3 Å². The Balaban J connectivity index is 1.30. The summed E-state index contributed by atoms with van der Waals surface area (Å²) in [6.45, 7) is 1.97. The van der Waals surface area contributed by atoms with Gasteiger partial charge in [0.1, 0.15) is 5.75 Å². The number of piperidine rings is 1. The summed E-state index contributed by atoms with van der Waals surface area (Å²) in [6.07, 6.45) is 5.04. The molecule has 138 valence electrons. The van der Waals surface area contributed by atoms with Crippen LogP contribution in [0, 0.1) is 0 Å². The second kappa shape index (κ2) is 7.45. The number of ether oxygens (including phenoxy) is 2. The first-order chi connectivity index (χ1) is 12.7. The molecular weight excluding hydrogens is 332 g/mol. The quantitative estimate of drug-likeness (QED) is 0.819. The van der Waals surface area contributed by atoms with Crippen LogP contribution in [0.2, 0.25) is 0 Å². The van der Waals surface area contributed by atoms with Crippen molar-refractivity contribution in [1.82, 2.24) is 19.9 Å². The number of fused-ring (bicyclic) bond motifs is 3. The van der Waals surface area contributed by atoms with E-state index in [0.29, 0.717) is 19.6 Å². The van der Waals surface area contributed by atoms with E-state index in [2.05, 4.69) is 22.4 Å². The van der Waals surface area contributed by atoms with Crippen LogP contribution in [0.1, 0.15) is 36.6 Å². The minimum atomic E-state index is 0.0838. The molecule has 3 heterocycles. The fourth-order valence-electron chi connectivity index (χ4n) is 3.80. The molecule has 0 unspecified atom stereocenters. The topological polar surface area (TPSA) is 69.5 Å². The third-order valence-corrected chi connectivity index (χ3v) is 5.30. The zero-order valence-corrected chi connectivity index (χ0v) is 15.0. The monoisotopic (exact) mass is 356 g/mol. The van der Waals surface area contributed by atoms with Crippen molar-refractivity contribution in [3.63, 3.8) is 0 Å². The molecule has 7 nitrogen and oxygen atoms in total. The molecule has 2 aliphatic heterocycles. The number of hydrogen-bond donors (Lipinski definition) is 0. The molecule has 0 radical (unpaired) electrons. The van der Waals surface area contributed by atoms with Gasteiger partial charge in [-0.15, -0.1) is 5.10 Å². The lowest BCUT2D eigenvalue weighted by Crippen LogP contribution is -2.49. The predicted octanol–water partition coefficient (Wildman–Crippen LogP) is 1.98. The van der Waals surface area contributed by atoms with Crippen molar-refractivity contribution >= 4 is 5.91 Å². The Bertz CT molecular complexity index is 758. The van der Waals surface area contributed by atoms with Gasteiger partial charge in [-0.25, -0.2) is 4.68 Å². The van der Waals surface area contributed by atoms with Gasteiger partial charge in [-0.3, -0.25) is 4.79 Å². The summed E-state index contributed by atoms with van der Waals surface area (Å²) in [5.74, 6) is 1.07. The highest BCUT2D eigenvalue weighted by Gasteiger charge is 2.37. The third kappa shape index (κ3) is 3.44. The fraction of sp³-hybridized carbons (Fsp3) is 0.526. The maximum Gasteiger partial charge on any atom is 0.222 e. The summed E-state index contributed by atoms with van der Waals surface area (Å²) in [6, 6.07) is 8.11. The van der Waals surface area contributed by atoms with E-state index in [1.165, 1.54) is 5.56 Å². The van der Waals surface area contributed by atoms with E-state index in [-0.39, 0.29) is 18.1 Å². The standard InChI is InChI=1S/C19H24N4O3/c1-25-16-7-5-14(6-8-16)3-2-4-19(24)22-10-9-18-17(12-22)23-15(13-26-18)11-20-21-23/h5-8,11,17-18H,2-4,9-10,12-13H2,1H3/t17-,18+/m0/s1. The van der Waals surface area contributed by atoms with E-state index < -0.39 is 0 Å². The molecule has 0 spiro atoms. The van der Waals surface area contributed by atoms with Crippen molar-refractivity contribution in [3.8, 4) is 5.75 Å². The first-order valence-electron chi connectivity index (χ1n) is 9.16. The van der Waals surface area contributed by atoms with E-state index in [1.54, 1.807) is 13.3 Å². The number of rotatable bonds is 5. The summed E-state index contributed by atoms with van der Waals surface area (Å²) in [5.41, 5.74) is 2.21. The SMILES string of the molecule is COc1ccc(CCCC(=O)N2CC[C@H]3OCc4cnnn4[C@H]3C2)cc1. The molecular formula is C19H24N4O3. The Morgan fingerprint density at radius 2 is 2.19 bits per heavy atom. The summed E-state index contributed by atoms with van der Waals surface area (Å²) in [4.78, 5) is 14.6. The minimum Gasteiger partial charge on any atom is -0.497 e. The molecule has 0 bridgehead atoms. The number of carbonyl (C=O) groups excluding carboxylic acids is 1. The van der Waals surface area contributed by atoms with Crippen LogP contribution in [0.25, 0.3) is 0 Å². The molecule has 1 aromatic carbocycles. The van der Waals surface area contributed by atoms with Gasteiger partial charge in [-0.2, -0.15) is 0 Å². The van der Waals surface area contributed by atoms with Gasteiger partial charge in [0.2, 0.25) is 5.91 Å². The summed E-state index contributed by atoms with van der Waals surface area (Å²) in [5, 5.41) is 8.17. The van der Waals surface area contributed by atoms with Gasteiger partial charge in [0.25, 0.3) is 0 Å². The van der Waals surface area contributed by atoms with Crippen molar-refractivity contribution < 1.29 is 14.3 Å². The van der Waals surface area contributed by atoms with Gasteiger partial charge >= 0.3 is 0 Å². The minimum absolute atomic E-state index is 0.0838. The molecule has 0 N–H and O–H groups in total. The largest absolute Gasteiger partial charge is 0.497 e. The molecule has 1 fully saturated rings. The Labute approximate surface area is 152 Å². The van der Waals surface area contributed by atoms with Crippen molar-refractivity contribution in [2.75, 3.05) is 20.2 Å². The van der Waals surface area contributed by atoms with E-state index in [0.717, 1.165) is 37.3 Å². The van der Waals surface area contributed by atoms with Gasteiger partial charge in [0.15, 0.2) is 0 Å². The molecule has 1 saturated heterocycles. The molecule has 0 saturated carbocycles. The van der Waals surface area contributed by atoms with Crippen LogP contribution < -0.4 is 4.74 Å². The third-order valence-electron chi connectivity index (χ3n) is 5.30. The van der Waals surface area contributed by atoms with Crippen molar-refractivity contribution in [2.45, 2.75) is 44.4 Å². The van der Waals surface area contributed by atoms with Crippen LogP contribution in [-0.2, 0) is 22.6 Å². The maximum absolute atomic E-state index is 12.6. The molecule has 4 rings (SSSR count). The van der Waals surface area contributed by atoms with Crippen LogP contribution in [0.4, 0.5) is 0 Å². The second-order valence-electron chi connectivity index (χ2n) is 6.92. The normalized spacial score (nSPS) is 21.8. The number of likely N-dealkylation sites (tertiary alicyclic amines) is 1. The lowest BCUT2D eigenvalue weighted by Gasteiger charge is -2.41. The highest BCUT2D eigenvalue weighted by atomic mass is 16.5. The summed E-state index contributed by atoms with van der Waals surface area (Å²) < 4.78 is 13.0. The average molecular weight is 356 g/mol. The molecule has 26 heavy (non-hydrogen) atoms. The van der Waals surface area contributed by atoms with Crippen LogP contribution in [-0.4, -0.2) is 52.1 Å². The number of nitrogens with zero attached hydrogens (tertiary/aromatic N) is 4. The predicted molar refractivity (Wildman–Crippen MR) is 94.8 cm³/mol. The Hall–Kier alpha value is -2.41. The highest BCUT2D eigenvalue weighted by Crippen LogP contribution is 2.30. The molecule has 7 heteroatoms. The fourth-order valence-corrected chi connectivity index (χ4v) is 3.80. The van der Waals surface area contributed by atoms with E-state index in [4.69, 9.17) is 9.47 Å². The van der Waals surface area contributed by atoms with Gasteiger partial charge < -0.3 is 14.4 Å². The highest BCUT2D eigenvalue weighted by molar-refractivity contribution is 5.76. The Morgan fingerprint density at radius 1 is 1.35 bits per heavy atom. The number of benzene rings is 1. The Kier molecular flexibility index (Phi) is 4.88. The lowest BCUT2D eigenvalue weighted by atomic mass is 9.99. The number of amides is 1. The number of aromatic nitrogens is 3. The van der Waals surface area contributed by atoms with Crippen LogP contribution >= 0.6 is 0 Å². The van der Waals surface area contributed by atoms with Gasteiger partial charge in [-0.05, 0) is 37.0 Å². The van der Waals surface area contributed by atoms with Crippen molar-refractivity contribution in [2.24, 2.45) is 0 Å². The van der Waals surface area contributed by atoms with Gasteiger partial charge in [0.05, 0.1) is 37.8 Å². The Morgan fingerprint density at radius 3 is 3.00 bits per heavy atom. The maximum atomic E-state index is 12.6. The number of aryl methyl sites for hydroxylation is 1. The number of hydrogen-bond acceptors (Lipinski definition) is 5. The molecule has 2 aromatic rings. The molecule has 2 atom stereocenters. The van der Waals surface area contributed by atoms with Crippen molar-refractivity contribution in [3.05, 3.63) is 41.7 Å². The van der Waals surface area contributed by atoms with Crippen LogP contribution in [0.15, 0.2) is 30.5 Å².